The van der Waals surface area contributed by atoms with Crippen molar-refractivity contribution in [1.29, 1.82) is 0 Å². The molecule has 0 radical (unpaired) electrons. The highest BCUT2D eigenvalue weighted by molar-refractivity contribution is 5.92. The largest absolute Gasteiger partial charge is 0.486 e. The van der Waals surface area contributed by atoms with Crippen molar-refractivity contribution in [2.45, 2.75) is 20.5 Å². The van der Waals surface area contributed by atoms with Crippen LogP contribution in [0.5, 0.6) is 5.75 Å². The van der Waals surface area contributed by atoms with E-state index >= 15 is 0 Å². The van der Waals surface area contributed by atoms with E-state index in [2.05, 4.69) is 15.6 Å². The molecule has 140 valence electrons. The molecule has 2 aromatic heterocycles. The van der Waals surface area contributed by atoms with Crippen LogP contribution in [0.2, 0.25) is 0 Å². The smallest absolute Gasteiger partial charge is 0.307 e. The summed E-state index contributed by atoms with van der Waals surface area (Å²) in [6, 6.07) is 10.8. The monoisotopic (exact) mass is 370 g/mol. The van der Waals surface area contributed by atoms with Gasteiger partial charge in [0.1, 0.15) is 18.1 Å². The van der Waals surface area contributed by atoms with E-state index in [0.29, 0.717) is 17.2 Å². The summed E-state index contributed by atoms with van der Waals surface area (Å²) in [7, 11) is 1.49. The summed E-state index contributed by atoms with van der Waals surface area (Å²) in [5.41, 5.74) is 4.12. The molecule has 7 nitrogen and oxygen atoms in total. The lowest BCUT2D eigenvalue weighted by atomic mass is 10.2. The molecule has 0 atom stereocenters. The Morgan fingerprint density at radius 3 is 2.70 bits per heavy atom. The second-order valence-electron chi connectivity index (χ2n) is 5.98. The summed E-state index contributed by atoms with van der Waals surface area (Å²) < 4.78 is 25.9. The highest BCUT2D eigenvalue weighted by atomic mass is 19.1. The summed E-state index contributed by atoms with van der Waals surface area (Å²) in [6.07, 6.45) is 1.21. The van der Waals surface area contributed by atoms with Gasteiger partial charge < -0.3 is 9.15 Å². The number of carbonyl (C=O) groups excluding carboxylic acids is 1. The van der Waals surface area contributed by atoms with Crippen molar-refractivity contribution in [2.24, 2.45) is 12.1 Å². The van der Waals surface area contributed by atoms with Gasteiger partial charge in [0.2, 0.25) is 5.95 Å². The van der Waals surface area contributed by atoms with Crippen LogP contribution < -0.4 is 10.2 Å². The molecule has 1 N–H and O–H groups in total. The van der Waals surface area contributed by atoms with Gasteiger partial charge in [-0.15, -0.1) is 0 Å². The van der Waals surface area contributed by atoms with E-state index in [1.165, 1.54) is 19.3 Å². The number of halogens is 1. The quantitative estimate of drug-likeness (QED) is 0.534. The van der Waals surface area contributed by atoms with Crippen molar-refractivity contribution in [1.82, 2.24) is 15.2 Å². The van der Waals surface area contributed by atoms with Crippen LogP contribution in [0, 0.1) is 19.8 Å². The third-order valence-corrected chi connectivity index (χ3v) is 3.84. The fraction of sp³-hybridized carbons (Fsp3) is 0.211. The molecular weight excluding hydrogens is 351 g/mol. The summed E-state index contributed by atoms with van der Waals surface area (Å²) in [5, 5.41) is 7.68. The van der Waals surface area contributed by atoms with Gasteiger partial charge in [-0.25, -0.2) is 10.1 Å². The molecule has 3 rings (SSSR count). The molecule has 3 aromatic rings. The molecule has 8 heteroatoms. The summed E-state index contributed by atoms with van der Waals surface area (Å²) >= 11 is 0. The molecule has 1 aromatic carbocycles. The first-order valence-corrected chi connectivity index (χ1v) is 8.24. The number of furan rings is 1. The summed E-state index contributed by atoms with van der Waals surface area (Å²) in [5.74, 6) is 0.215. The minimum absolute atomic E-state index is 0.0815. The summed E-state index contributed by atoms with van der Waals surface area (Å²) in [6.45, 7) is 3.84. The Labute approximate surface area is 155 Å². The van der Waals surface area contributed by atoms with Crippen LogP contribution in [0.3, 0.4) is 0 Å². The fourth-order valence-electron chi connectivity index (χ4n) is 2.37. The van der Waals surface area contributed by atoms with E-state index in [4.69, 9.17) is 9.15 Å². The molecule has 0 saturated heterocycles. The third-order valence-electron chi connectivity index (χ3n) is 3.84. The van der Waals surface area contributed by atoms with E-state index in [1.807, 2.05) is 31.2 Å². The number of carbonyl (C=O) groups is 1. The maximum absolute atomic E-state index is 13.8. The predicted octanol–water partition coefficient (Wildman–Crippen LogP) is 3.11. The van der Waals surface area contributed by atoms with Crippen molar-refractivity contribution in [3.05, 3.63) is 70.7 Å². The highest BCUT2D eigenvalue weighted by Crippen LogP contribution is 2.15. The first kappa shape index (κ1) is 18.4. The van der Waals surface area contributed by atoms with Crippen molar-refractivity contribution in [3.63, 3.8) is 0 Å². The van der Waals surface area contributed by atoms with Gasteiger partial charge in [-0.05, 0) is 38.1 Å². The molecular formula is C19H19FN4O3. The highest BCUT2D eigenvalue weighted by Gasteiger charge is 2.13. The zero-order valence-electron chi connectivity index (χ0n) is 15.2. The van der Waals surface area contributed by atoms with E-state index in [1.54, 1.807) is 13.0 Å². The average Bonchev–Trinajstić information content (AvgIpc) is 3.21. The number of aromatic nitrogens is 2. The van der Waals surface area contributed by atoms with Crippen LogP contribution in [0.1, 0.15) is 33.1 Å². The number of hydrogen-bond acceptors (Lipinski definition) is 5. The second-order valence-corrected chi connectivity index (χ2v) is 5.98. The topological polar surface area (TPSA) is 81.6 Å². The van der Waals surface area contributed by atoms with Crippen LogP contribution in [-0.4, -0.2) is 21.9 Å². The Hall–Kier alpha value is -3.42. The van der Waals surface area contributed by atoms with Crippen molar-refractivity contribution >= 4 is 12.1 Å². The number of nitrogens with one attached hydrogen (secondary N) is 1. The molecule has 0 fully saturated rings. The molecule has 0 saturated carbocycles. The number of benzene rings is 1. The van der Waals surface area contributed by atoms with Crippen LogP contribution in [0.4, 0.5) is 4.39 Å². The normalized spacial score (nSPS) is 11.1. The van der Waals surface area contributed by atoms with Crippen LogP contribution >= 0.6 is 0 Å². The van der Waals surface area contributed by atoms with Gasteiger partial charge in [-0.3, -0.25) is 4.79 Å². The molecule has 0 unspecified atom stereocenters. The minimum atomic E-state index is -0.546. The van der Waals surface area contributed by atoms with E-state index < -0.39 is 11.9 Å². The summed E-state index contributed by atoms with van der Waals surface area (Å²) in [4.78, 5) is 12.1. The lowest BCUT2D eigenvalue weighted by Crippen LogP contribution is -2.17. The SMILES string of the molecule is Cc1ccc(OCc2ccc(C(=O)NN=Cc3c(C)nn(C)c3F)o2)cc1. The molecule has 27 heavy (non-hydrogen) atoms. The lowest BCUT2D eigenvalue weighted by Gasteiger charge is -2.04. The number of hydrazone groups is 1. The Morgan fingerprint density at radius 1 is 1.30 bits per heavy atom. The molecule has 0 bridgehead atoms. The fourth-order valence-corrected chi connectivity index (χ4v) is 2.37. The Kier molecular flexibility index (Phi) is 5.35. The van der Waals surface area contributed by atoms with Gasteiger partial charge in [0, 0.05) is 7.05 Å². The number of rotatable bonds is 6. The molecule has 0 aliphatic carbocycles. The molecule has 0 aliphatic rings. The Balaban J connectivity index is 1.56. The van der Waals surface area contributed by atoms with Gasteiger partial charge in [0.25, 0.3) is 0 Å². The lowest BCUT2D eigenvalue weighted by molar-refractivity contribution is 0.0923. The minimum Gasteiger partial charge on any atom is -0.486 e. The maximum atomic E-state index is 13.8. The maximum Gasteiger partial charge on any atom is 0.307 e. The van der Waals surface area contributed by atoms with Gasteiger partial charge in [-0.1, -0.05) is 17.7 Å². The standard InChI is InChI=1S/C19H19FN4O3/c1-12-4-6-14(7-5-12)26-11-15-8-9-17(27-15)19(25)22-21-10-16-13(2)23-24(3)18(16)20/h4-10H,11H2,1-3H3,(H,22,25). The first-order chi connectivity index (χ1) is 12.9. The number of hydrogen-bond donors (Lipinski definition) is 1. The molecule has 2 heterocycles. The Bertz CT molecular complexity index is 974. The average molecular weight is 370 g/mol. The Morgan fingerprint density at radius 2 is 2.04 bits per heavy atom. The number of ether oxygens (including phenoxy) is 1. The molecule has 0 aliphatic heterocycles. The van der Waals surface area contributed by atoms with E-state index in [9.17, 15) is 9.18 Å². The predicted molar refractivity (Wildman–Crippen MR) is 97.2 cm³/mol. The van der Waals surface area contributed by atoms with Crippen LogP contribution in [0.25, 0.3) is 0 Å². The van der Waals surface area contributed by atoms with Gasteiger partial charge >= 0.3 is 5.91 Å². The van der Waals surface area contributed by atoms with E-state index in [-0.39, 0.29) is 17.9 Å². The van der Waals surface area contributed by atoms with Gasteiger partial charge in [-0.2, -0.15) is 14.6 Å². The van der Waals surface area contributed by atoms with Crippen molar-refractivity contribution < 1.29 is 18.3 Å². The van der Waals surface area contributed by atoms with E-state index in [0.717, 1.165) is 10.2 Å². The number of amides is 1. The second kappa shape index (κ2) is 7.86. The third kappa shape index (κ3) is 4.41. The van der Waals surface area contributed by atoms with Crippen LogP contribution in [0.15, 0.2) is 45.9 Å². The molecule has 1 amide bonds. The van der Waals surface area contributed by atoms with Crippen molar-refractivity contribution in [2.75, 3.05) is 0 Å². The van der Waals surface area contributed by atoms with Crippen LogP contribution in [-0.2, 0) is 13.7 Å². The van der Waals surface area contributed by atoms with Gasteiger partial charge in [0.15, 0.2) is 5.76 Å². The van der Waals surface area contributed by atoms with Gasteiger partial charge in [0.05, 0.1) is 17.5 Å². The zero-order valence-corrected chi connectivity index (χ0v) is 15.2. The molecule has 0 spiro atoms. The number of nitrogens with zero attached hydrogens (tertiary/aromatic N) is 3. The first-order valence-electron chi connectivity index (χ1n) is 8.24. The number of aryl methyl sites for hydroxylation is 3. The zero-order chi connectivity index (χ0) is 19.4. The van der Waals surface area contributed by atoms with Crippen molar-refractivity contribution in [3.8, 4) is 5.75 Å².